The highest BCUT2D eigenvalue weighted by Crippen LogP contribution is 1.96. The lowest BCUT2D eigenvalue weighted by atomic mass is 10.3. The molecular formula is C12H17N3O. The topological polar surface area (TPSA) is 46.9 Å². The van der Waals surface area contributed by atoms with Gasteiger partial charge in [0.25, 0.3) is 0 Å². The molecule has 0 saturated heterocycles. The number of carbonyl (C=O) groups excluding carboxylic acids is 1. The first-order chi connectivity index (χ1) is 7.72. The Morgan fingerprint density at radius 1 is 1.62 bits per heavy atom. The third-order valence-electron chi connectivity index (χ3n) is 1.94. The van der Waals surface area contributed by atoms with Gasteiger partial charge in [0, 0.05) is 32.6 Å². The van der Waals surface area contributed by atoms with Crippen LogP contribution in [0.3, 0.4) is 0 Å². The van der Waals surface area contributed by atoms with Crippen LogP contribution in [0.1, 0.15) is 32.3 Å². The molecule has 16 heavy (non-hydrogen) atoms. The number of rotatable bonds is 4. The van der Waals surface area contributed by atoms with E-state index in [0.29, 0.717) is 13.0 Å². The highest BCUT2D eigenvalue weighted by atomic mass is 16.1. The number of amides is 1. The van der Waals surface area contributed by atoms with Crippen LogP contribution in [0.5, 0.6) is 0 Å². The van der Waals surface area contributed by atoms with Gasteiger partial charge in [0.2, 0.25) is 5.91 Å². The van der Waals surface area contributed by atoms with Crippen LogP contribution in [0.4, 0.5) is 0 Å². The number of hydrogen-bond acceptors (Lipinski definition) is 2. The van der Waals surface area contributed by atoms with E-state index in [1.54, 1.807) is 6.20 Å². The highest BCUT2D eigenvalue weighted by Gasteiger charge is 1.93. The Morgan fingerprint density at radius 2 is 2.44 bits per heavy atom. The minimum absolute atomic E-state index is 0.0161. The molecule has 4 nitrogen and oxygen atoms in total. The predicted molar refractivity (Wildman–Crippen MR) is 62.7 cm³/mol. The van der Waals surface area contributed by atoms with E-state index in [2.05, 4.69) is 29.2 Å². The predicted octanol–water partition coefficient (Wildman–Crippen LogP) is 1.17. The Bertz CT molecular complexity index is 398. The van der Waals surface area contributed by atoms with E-state index in [0.717, 1.165) is 18.5 Å². The maximum absolute atomic E-state index is 10.6. The summed E-state index contributed by atoms with van der Waals surface area (Å²) in [5.41, 5.74) is 0.927. The Kier molecular flexibility index (Phi) is 5.13. The Hall–Kier alpha value is -1.76. The van der Waals surface area contributed by atoms with E-state index in [-0.39, 0.29) is 5.91 Å². The molecule has 86 valence electrons. The summed E-state index contributed by atoms with van der Waals surface area (Å²) in [7, 11) is 0. The Labute approximate surface area is 96.0 Å². The van der Waals surface area contributed by atoms with Crippen LogP contribution in [0.25, 0.3) is 0 Å². The second kappa shape index (κ2) is 6.67. The van der Waals surface area contributed by atoms with Gasteiger partial charge in [-0.1, -0.05) is 18.8 Å². The van der Waals surface area contributed by atoms with E-state index in [4.69, 9.17) is 0 Å². The van der Waals surface area contributed by atoms with E-state index in [9.17, 15) is 4.79 Å². The van der Waals surface area contributed by atoms with Crippen molar-refractivity contribution in [1.82, 2.24) is 15.1 Å². The fraction of sp³-hybridized carbons (Fsp3) is 0.500. The average molecular weight is 219 g/mol. The molecule has 0 aromatic carbocycles. The maximum atomic E-state index is 10.6. The minimum Gasteiger partial charge on any atom is -0.355 e. The van der Waals surface area contributed by atoms with Crippen LogP contribution in [0, 0.1) is 11.8 Å². The van der Waals surface area contributed by atoms with Crippen molar-refractivity contribution in [3.8, 4) is 11.8 Å². The van der Waals surface area contributed by atoms with Crippen molar-refractivity contribution in [3.63, 3.8) is 0 Å². The lowest BCUT2D eigenvalue weighted by Gasteiger charge is -1.94. The van der Waals surface area contributed by atoms with Crippen molar-refractivity contribution >= 4 is 5.91 Å². The molecule has 0 unspecified atom stereocenters. The summed E-state index contributed by atoms with van der Waals surface area (Å²) < 4.78 is 1.89. The zero-order valence-corrected chi connectivity index (χ0v) is 9.79. The molecule has 1 N–H and O–H groups in total. The third kappa shape index (κ3) is 4.65. The Balaban J connectivity index is 2.35. The van der Waals surface area contributed by atoms with Gasteiger partial charge in [-0.25, -0.2) is 0 Å². The van der Waals surface area contributed by atoms with E-state index >= 15 is 0 Å². The monoisotopic (exact) mass is 219 g/mol. The van der Waals surface area contributed by atoms with Crippen LogP contribution in [0.2, 0.25) is 0 Å². The second-order valence-electron chi connectivity index (χ2n) is 3.53. The molecule has 0 fully saturated rings. The lowest BCUT2D eigenvalue weighted by molar-refractivity contribution is -0.118. The smallest absolute Gasteiger partial charge is 0.216 e. The molecule has 0 aliphatic rings. The van der Waals surface area contributed by atoms with Crippen molar-refractivity contribution in [2.45, 2.75) is 33.2 Å². The van der Waals surface area contributed by atoms with E-state index < -0.39 is 0 Å². The molecule has 0 aliphatic carbocycles. The first-order valence-corrected chi connectivity index (χ1v) is 5.48. The fourth-order valence-corrected chi connectivity index (χ4v) is 1.25. The molecule has 0 aliphatic heterocycles. The van der Waals surface area contributed by atoms with E-state index in [1.807, 2.05) is 10.9 Å². The van der Waals surface area contributed by atoms with Gasteiger partial charge in [-0.15, -0.1) is 0 Å². The molecule has 1 rings (SSSR count). The normalized spacial score (nSPS) is 9.38. The van der Waals surface area contributed by atoms with Gasteiger partial charge in [0.1, 0.15) is 0 Å². The number of carbonyl (C=O) groups is 1. The standard InChI is InChI=1S/C12H17N3O/c1-3-8-15-10-12(9-14-15)6-4-5-7-13-11(2)16/h9-10H,3,5,7-8H2,1-2H3,(H,13,16). The van der Waals surface area contributed by atoms with Crippen LogP contribution < -0.4 is 5.32 Å². The van der Waals surface area contributed by atoms with Gasteiger partial charge in [-0.05, 0) is 6.42 Å². The summed E-state index contributed by atoms with van der Waals surface area (Å²) in [6, 6.07) is 0. The van der Waals surface area contributed by atoms with Crippen molar-refractivity contribution in [2.24, 2.45) is 0 Å². The number of nitrogens with one attached hydrogen (secondary N) is 1. The molecule has 0 atom stereocenters. The largest absolute Gasteiger partial charge is 0.355 e. The number of hydrogen-bond donors (Lipinski definition) is 1. The van der Waals surface area contributed by atoms with E-state index in [1.165, 1.54) is 6.92 Å². The average Bonchev–Trinajstić information content (AvgIpc) is 2.65. The summed E-state index contributed by atoms with van der Waals surface area (Å²) in [6.07, 6.45) is 5.44. The summed E-state index contributed by atoms with van der Waals surface area (Å²) >= 11 is 0. The van der Waals surface area contributed by atoms with Crippen molar-refractivity contribution < 1.29 is 4.79 Å². The number of aryl methyl sites for hydroxylation is 1. The molecule has 0 spiro atoms. The van der Waals surface area contributed by atoms with Gasteiger partial charge >= 0.3 is 0 Å². The molecule has 0 saturated carbocycles. The van der Waals surface area contributed by atoms with Crippen molar-refractivity contribution in [1.29, 1.82) is 0 Å². The molecule has 0 radical (unpaired) electrons. The number of aromatic nitrogens is 2. The summed E-state index contributed by atoms with van der Waals surface area (Å²) in [6.45, 7) is 5.14. The molecule has 4 heteroatoms. The summed E-state index contributed by atoms with van der Waals surface area (Å²) in [5.74, 6) is 5.99. The highest BCUT2D eigenvalue weighted by molar-refractivity contribution is 5.72. The Morgan fingerprint density at radius 3 is 3.12 bits per heavy atom. The van der Waals surface area contributed by atoms with Crippen molar-refractivity contribution in [3.05, 3.63) is 18.0 Å². The zero-order valence-electron chi connectivity index (χ0n) is 9.79. The first kappa shape index (κ1) is 12.3. The molecular weight excluding hydrogens is 202 g/mol. The number of nitrogens with zero attached hydrogens (tertiary/aromatic N) is 2. The van der Waals surface area contributed by atoms with Gasteiger partial charge < -0.3 is 5.32 Å². The van der Waals surface area contributed by atoms with Gasteiger partial charge in [-0.3, -0.25) is 9.48 Å². The van der Waals surface area contributed by atoms with Crippen LogP contribution >= 0.6 is 0 Å². The van der Waals surface area contributed by atoms with Crippen LogP contribution in [0.15, 0.2) is 12.4 Å². The minimum atomic E-state index is -0.0161. The maximum Gasteiger partial charge on any atom is 0.216 e. The summed E-state index contributed by atoms with van der Waals surface area (Å²) in [4.78, 5) is 10.6. The first-order valence-electron chi connectivity index (χ1n) is 5.48. The summed E-state index contributed by atoms with van der Waals surface area (Å²) in [5, 5.41) is 6.87. The second-order valence-corrected chi connectivity index (χ2v) is 3.53. The van der Waals surface area contributed by atoms with Crippen LogP contribution in [-0.4, -0.2) is 22.2 Å². The quantitative estimate of drug-likeness (QED) is 0.610. The van der Waals surface area contributed by atoms with Gasteiger partial charge in [0.05, 0.1) is 11.8 Å². The third-order valence-corrected chi connectivity index (χ3v) is 1.94. The van der Waals surface area contributed by atoms with Gasteiger partial charge in [0.15, 0.2) is 0 Å². The molecule has 1 aromatic heterocycles. The lowest BCUT2D eigenvalue weighted by Crippen LogP contribution is -2.20. The van der Waals surface area contributed by atoms with Gasteiger partial charge in [-0.2, -0.15) is 5.10 Å². The zero-order chi connectivity index (χ0) is 11.8. The fourth-order valence-electron chi connectivity index (χ4n) is 1.25. The molecule has 1 amide bonds. The van der Waals surface area contributed by atoms with Crippen LogP contribution in [-0.2, 0) is 11.3 Å². The molecule has 1 aromatic rings. The SMILES string of the molecule is CCCn1cc(C#CCCNC(C)=O)cn1. The molecule has 1 heterocycles. The van der Waals surface area contributed by atoms with Crippen molar-refractivity contribution in [2.75, 3.05) is 6.54 Å². The molecule has 0 bridgehead atoms.